The number of hydrogen-bond acceptors (Lipinski definition) is 4. The van der Waals surface area contributed by atoms with Crippen molar-refractivity contribution in [1.82, 2.24) is 4.98 Å². The summed E-state index contributed by atoms with van der Waals surface area (Å²) in [6, 6.07) is 21.6. The van der Waals surface area contributed by atoms with Gasteiger partial charge in [0.1, 0.15) is 0 Å². The molecule has 0 spiro atoms. The summed E-state index contributed by atoms with van der Waals surface area (Å²) in [5, 5.41) is 12.6. The number of carbonyl (C=O) groups is 2. The molecule has 6 nitrogen and oxygen atoms in total. The molecule has 5 rings (SSSR count). The highest BCUT2D eigenvalue weighted by Crippen LogP contribution is 2.43. The second kappa shape index (κ2) is 7.66. The number of aromatic amines is 1. The Morgan fingerprint density at radius 2 is 1.72 bits per heavy atom. The minimum Gasteiger partial charge on any atom is -0.399 e. The fraction of sp³-hybridized carbons (Fsp3) is 0.154. The highest BCUT2D eigenvalue weighted by atomic mass is 16.3. The average Bonchev–Trinajstić information content (AvgIpc) is 3.30. The zero-order valence-corrected chi connectivity index (χ0v) is 17.4. The van der Waals surface area contributed by atoms with Gasteiger partial charge in [-0.05, 0) is 48.4 Å². The van der Waals surface area contributed by atoms with Crippen molar-refractivity contribution < 1.29 is 14.7 Å². The summed E-state index contributed by atoms with van der Waals surface area (Å²) in [6.45, 7) is 0.399. The van der Waals surface area contributed by atoms with E-state index in [1.54, 1.807) is 41.3 Å². The molecule has 160 valence electrons. The number of nitrogens with zero attached hydrogens (tertiary/aromatic N) is 1. The third-order valence-electron chi connectivity index (χ3n) is 6.17. The van der Waals surface area contributed by atoms with Crippen LogP contribution in [0.4, 0.5) is 11.4 Å². The van der Waals surface area contributed by atoms with Gasteiger partial charge in [0, 0.05) is 40.5 Å². The number of nitrogens with two attached hydrogens (primary N) is 1. The molecule has 1 unspecified atom stereocenters. The molecule has 6 heteroatoms. The lowest BCUT2D eigenvalue weighted by atomic mass is 9.88. The highest BCUT2D eigenvalue weighted by Gasteiger charge is 2.50. The first-order chi connectivity index (χ1) is 15.5. The number of nitrogens with one attached hydrogen (secondary N) is 1. The fourth-order valence-corrected chi connectivity index (χ4v) is 4.47. The molecule has 2 heterocycles. The van der Waals surface area contributed by atoms with Crippen LogP contribution >= 0.6 is 0 Å². The summed E-state index contributed by atoms with van der Waals surface area (Å²) in [5.74, 6) is -0.781. The van der Waals surface area contributed by atoms with Crippen LogP contribution in [0.1, 0.15) is 27.9 Å². The van der Waals surface area contributed by atoms with E-state index in [9.17, 15) is 14.7 Å². The molecule has 0 saturated carbocycles. The number of hydrogen-bond donors (Lipinski definition) is 3. The van der Waals surface area contributed by atoms with Gasteiger partial charge in [0.25, 0.3) is 5.91 Å². The second-order valence-electron chi connectivity index (χ2n) is 8.17. The first-order valence-electron chi connectivity index (χ1n) is 10.5. The van der Waals surface area contributed by atoms with E-state index in [4.69, 9.17) is 5.73 Å². The minimum absolute atomic E-state index is 0.311. The molecular weight excluding hydrogens is 402 g/mol. The van der Waals surface area contributed by atoms with Crippen LogP contribution in [0.3, 0.4) is 0 Å². The molecule has 1 amide bonds. The van der Waals surface area contributed by atoms with Gasteiger partial charge in [-0.1, -0.05) is 36.4 Å². The lowest BCUT2D eigenvalue weighted by Crippen LogP contribution is -2.42. The van der Waals surface area contributed by atoms with Crippen LogP contribution < -0.4 is 10.6 Å². The second-order valence-corrected chi connectivity index (χ2v) is 8.17. The van der Waals surface area contributed by atoms with Crippen LogP contribution in [-0.2, 0) is 16.8 Å². The predicted octanol–water partition coefficient (Wildman–Crippen LogP) is 3.80. The summed E-state index contributed by atoms with van der Waals surface area (Å²) in [5.41, 5.74) is 8.02. The zero-order chi connectivity index (χ0) is 22.3. The minimum atomic E-state index is -1.89. The van der Waals surface area contributed by atoms with Crippen molar-refractivity contribution in [2.24, 2.45) is 0 Å². The molecule has 0 fully saturated rings. The number of benzene rings is 3. The molecule has 4 N–H and O–H groups in total. The Morgan fingerprint density at radius 3 is 2.53 bits per heavy atom. The van der Waals surface area contributed by atoms with Crippen molar-refractivity contribution in [3.8, 4) is 0 Å². The number of anilines is 2. The molecule has 4 aromatic rings. The first-order valence-corrected chi connectivity index (χ1v) is 10.5. The van der Waals surface area contributed by atoms with Crippen molar-refractivity contribution in [2.45, 2.75) is 18.4 Å². The lowest BCUT2D eigenvalue weighted by molar-refractivity contribution is -0.135. The number of aromatic nitrogens is 1. The van der Waals surface area contributed by atoms with E-state index < -0.39 is 11.5 Å². The summed E-state index contributed by atoms with van der Waals surface area (Å²) in [4.78, 5) is 31.2. The van der Waals surface area contributed by atoms with Gasteiger partial charge >= 0.3 is 0 Å². The van der Waals surface area contributed by atoms with Gasteiger partial charge < -0.3 is 20.7 Å². The quantitative estimate of drug-likeness (QED) is 0.323. The van der Waals surface area contributed by atoms with Crippen LogP contribution in [0.15, 0.2) is 79.0 Å². The monoisotopic (exact) mass is 425 g/mol. The Morgan fingerprint density at radius 1 is 1.00 bits per heavy atom. The average molecular weight is 425 g/mol. The zero-order valence-electron chi connectivity index (χ0n) is 17.4. The molecular formula is C26H23N3O3. The fourth-order valence-electron chi connectivity index (χ4n) is 4.47. The molecule has 0 radical (unpaired) electrons. The third-order valence-corrected chi connectivity index (χ3v) is 6.17. The van der Waals surface area contributed by atoms with E-state index in [1.165, 1.54) is 0 Å². The maximum atomic E-state index is 13.4. The maximum Gasteiger partial charge on any atom is 0.264 e. The Bertz CT molecular complexity index is 1330. The number of rotatable bonds is 6. The summed E-state index contributed by atoms with van der Waals surface area (Å²) < 4.78 is 0. The van der Waals surface area contributed by atoms with Crippen LogP contribution in [-0.4, -0.2) is 28.3 Å². The topological polar surface area (TPSA) is 99.4 Å². The van der Waals surface area contributed by atoms with Crippen molar-refractivity contribution >= 4 is 34.0 Å². The Hall–Kier alpha value is -3.90. The normalized spacial score (nSPS) is 17.7. The van der Waals surface area contributed by atoms with Crippen LogP contribution in [0.2, 0.25) is 0 Å². The molecule has 0 bridgehead atoms. The van der Waals surface area contributed by atoms with Crippen molar-refractivity contribution in [3.05, 3.63) is 95.7 Å². The standard InChI is InChI=1S/C26H23N3O3/c27-19-11-9-17(10-12-19)24(30)15-26(32)21-6-2-4-8-23(21)29(25(26)31)14-13-18-16-28-22-7-3-1-5-20(18)22/h1-12,16,28,32H,13-15,27H2. The smallest absolute Gasteiger partial charge is 0.264 e. The number of amides is 1. The van der Waals surface area contributed by atoms with Crippen molar-refractivity contribution in [3.63, 3.8) is 0 Å². The largest absolute Gasteiger partial charge is 0.399 e. The number of aliphatic hydroxyl groups is 1. The molecule has 1 aliphatic heterocycles. The molecule has 32 heavy (non-hydrogen) atoms. The van der Waals surface area contributed by atoms with E-state index in [-0.39, 0.29) is 12.2 Å². The number of Topliss-reactive ketones (excluding diaryl/α,β-unsaturated/α-hetero) is 1. The van der Waals surface area contributed by atoms with Gasteiger partial charge in [-0.3, -0.25) is 9.59 Å². The van der Waals surface area contributed by atoms with Gasteiger partial charge in [-0.25, -0.2) is 0 Å². The van der Waals surface area contributed by atoms with Crippen LogP contribution in [0.5, 0.6) is 0 Å². The van der Waals surface area contributed by atoms with Crippen molar-refractivity contribution in [2.75, 3.05) is 17.2 Å². The number of H-pyrrole nitrogens is 1. The molecule has 1 aromatic heterocycles. The summed E-state index contributed by atoms with van der Waals surface area (Å²) >= 11 is 0. The molecule has 0 saturated heterocycles. The van der Waals surface area contributed by atoms with Gasteiger partial charge in [0.2, 0.25) is 0 Å². The number of fused-ring (bicyclic) bond motifs is 2. The molecule has 1 atom stereocenters. The van der Waals surface area contributed by atoms with Crippen LogP contribution in [0, 0.1) is 0 Å². The predicted molar refractivity (Wildman–Crippen MR) is 124 cm³/mol. The van der Waals surface area contributed by atoms with E-state index in [2.05, 4.69) is 4.98 Å². The van der Waals surface area contributed by atoms with E-state index in [1.807, 2.05) is 42.6 Å². The van der Waals surface area contributed by atoms with Crippen LogP contribution in [0.25, 0.3) is 10.9 Å². The maximum absolute atomic E-state index is 13.4. The van der Waals surface area contributed by atoms with Gasteiger partial charge in [-0.2, -0.15) is 0 Å². The molecule has 3 aromatic carbocycles. The van der Waals surface area contributed by atoms with Gasteiger partial charge in [0.05, 0.1) is 12.1 Å². The van der Waals surface area contributed by atoms with E-state index >= 15 is 0 Å². The summed E-state index contributed by atoms with van der Waals surface area (Å²) in [6.07, 6.45) is 2.25. The SMILES string of the molecule is Nc1ccc(C(=O)CC2(O)C(=O)N(CCc3c[nH]c4ccccc34)c3ccccc32)cc1. The molecule has 0 aliphatic carbocycles. The Balaban J connectivity index is 1.42. The molecule has 1 aliphatic rings. The van der Waals surface area contributed by atoms with Crippen molar-refractivity contribution in [1.29, 1.82) is 0 Å². The number of ketones is 1. The Labute approximate surface area is 185 Å². The highest BCUT2D eigenvalue weighted by molar-refractivity contribution is 6.10. The number of para-hydroxylation sites is 2. The lowest BCUT2D eigenvalue weighted by Gasteiger charge is -2.23. The Kier molecular flexibility index (Phi) is 4.79. The third kappa shape index (κ3) is 3.25. The number of carbonyl (C=O) groups excluding carboxylic acids is 2. The van der Waals surface area contributed by atoms with E-state index in [0.29, 0.717) is 35.5 Å². The van der Waals surface area contributed by atoms with Gasteiger partial charge in [-0.15, -0.1) is 0 Å². The van der Waals surface area contributed by atoms with Gasteiger partial charge in [0.15, 0.2) is 11.4 Å². The van der Waals surface area contributed by atoms with E-state index in [0.717, 1.165) is 16.5 Å². The number of nitrogen functional groups attached to an aromatic ring is 1. The first kappa shape index (κ1) is 20.0. The summed E-state index contributed by atoms with van der Waals surface area (Å²) in [7, 11) is 0.